The summed E-state index contributed by atoms with van der Waals surface area (Å²) in [5, 5.41) is 6.89. The van der Waals surface area contributed by atoms with Crippen LogP contribution in [-0.4, -0.2) is 24.6 Å². The van der Waals surface area contributed by atoms with Crippen LogP contribution in [0.2, 0.25) is 0 Å². The Morgan fingerprint density at radius 2 is 2.37 bits per heavy atom. The summed E-state index contributed by atoms with van der Waals surface area (Å²) >= 11 is 1.59. The molecule has 2 heterocycles. The Morgan fingerprint density at radius 3 is 3.00 bits per heavy atom. The molecule has 1 atom stereocenters. The van der Waals surface area contributed by atoms with E-state index in [0.29, 0.717) is 13.0 Å². The van der Waals surface area contributed by atoms with Crippen LogP contribution >= 0.6 is 11.3 Å². The predicted molar refractivity (Wildman–Crippen MR) is 75.0 cm³/mol. The number of carbonyl (C=O) groups excluding carboxylic acids is 1. The van der Waals surface area contributed by atoms with Crippen LogP contribution in [0.25, 0.3) is 0 Å². The molecule has 4 nitrogen and oxygen atoms in total. The van der Waals surface area contributed by atoms with Crippen molar-refractivity contribution in [3.05, 3.63) is 52.5 Å². The molecule has 0 saturated carbocycles. The minimum atomic E-state index is -0.211. The lowest BCUT2D eigenvalue weighted by atomic mass is 10.1. The van der Waals surface area contributed by atoms with Crippen molar-refractivity contribution < 1.29 is 9.53 Å². The Kier molecular flexibility index (Phi) is 5.06. The van der Waals surface area contributed by atoms with Crippen LogP contribution in [0.3, 0.4) is 0 Å². The number of carbonyl (C=O) groups is 1. The van der Waals surface area contributed by atoms with Crippen molar-refractivity contribution in [1.82, 2.24) is 10.3 Å². The lowest BCUT2D eigenvalue weighted by molar-refractivity contribution is -0.121. The third kappa shape index (κ3) is 4.15. The smallest absolute Gasteiger partial charge is 0.225 e. The monoisotopic (exact) mass is 276 g/mol. The maximum Gasteiger partial charge on any atom is 0.225 e. The van der Waals surface area contributed by atoms with E-state index < -0.39 is 0 Å². The second-order valence-corrected chi connectivity index (χ2v) is 4.92. The first-order valence-corrected chi connectivity index (χ1v) is 6.94. The molecule has 0 aliphatic rings. The van der Waals surface area contributed by atoms with Crippen molar-refractivity contribution in [2.24, 2.45) is 0 Å². The van der Waals surface area contributed by atoms with Crippen molar-refractivity contribution in [3.63, 3.8) is 0 Å². The van der Waals surface area contributed by atoms with Crippen molar-refractivity contribution >= 4 is 17.2 Å². The minimum Gasteiger partial charge on any atom is -0.382 e. The Hall–Kier alpha value is -1.72. The van der Waals surface area contributed by atoms with Gasteiger partial charge in [-0.15, -0.1) is 0 Å². The van der Waals surface area contributed by atoms with Crippen LogP contribution in [0.4, 0.5) is 0 Å². The molecule has 100 valence electrons. The maximum atomic E-state index is 12.0. The highest BCUT2D eigenvalue weighted by Gasteiger charge is 2.15. The highest BCUT2D eigenvalue weighted by molar-refractivity contribution is 7.07. The van der Waals surface area contributed by atoms with E-state index in [-0.39, 0.29) is 11.9 Å². The molecule has 0 aromatic carbocycles. The lowest BCUT2D eigenvalue weighted by Crippen LogP contribution is -2.32. The van der Waals surface area contributed by atoms with E-state index >= 15 is 0 Å². The highest BCUT2D eigenvalue weighted by atomic mass is 32.1. The largest absolute Gasteiger partial charge is 0.382 e. The van der Waals surface area contributed by atoms with Crippen LogP contribution in [0.5, 0.6) is 0 Å². The van der Waals surface area contributed by atoms with Crippen LogP contribution in [0.1, 0.15) is 17.3 Å². The molecule has 2 aromatic rings. The Bertz CT molecular complexity index is 499. The zero-order valence-electron chi connectivity index (χ0n) is 10.7. The zero-order valence-corrected chi connectivity index (χ0v) is 11.5. The standard InChI is InChI=1S/C14H16N2O2S/c1-18-9-13(12-4-2-3-6-15-12)16-14(17)8-11-5-7-19-10-11/h2-7,10,13H,8-9H2,1H3,(H,16,17). The van der Waals surface area contributed by atoms with E-state index in [4.69, 9.17) is 4.74 Å². The van der Waals surface area contributed by atoms with E-state index in [1.54, 1.807) is 24.6 Å². The lowest BCUT2D eigenvalue weighted by Gasteiger charge is -2.17. The molecule has 0 aliphatic carbocycles. The molecular weight excluding hydrogens is 260 g/mol. The molecule has 0 aliphatic heterocycles. The van der Waals surface area contributed by atoms with Gasteiger partial charge in [0.25, 0.3) is 0 Å². The summed E-state index contributed by atoms with van der Waals surface area (Å²) in [5.41, 5.74) is 1.84. The Morgan fingerprint density at radius 1 is 1.47 bits per heavy atom. The quantitative estimate of drug-likeness (QED) is 0.880. The second-order valence-electron chi connectivity index (χ2n) is 4.14. The molecule has 5 heteroatoms. The SMILES string of the molecule is COCC(NC(=O)Cc1ccsc1)c1ccccn1. The first-order valence-electron chi connectivity index (χ1n) is 6.00. The average Bonchev–Trinajstić information content (AvgIpc) is 2.92. The molecule has 2 aromatic heterocycles. The van der Waals surface area contributed by atoms with Gasteiger partial charge in [0.15, 0.2) is 0 Å². The number of nitrogens with one attached hydrogen (secondary N) is 1. The summed E-state index contributed by atoms with van der Waals surface area (Å²) in [5.74, 6) is -0.0221. The molecule has 1 amide bonds. The predicted octanol–water partition coefficient (Wildman–Crippen LogP) is 2.19. The zero-order chi connectivity index (χ0) is 13.5. The fraction of sp³-hybridized carbons (Fsp3) is 0.286. The van der Waals surface area contributed by atoms with Gasteiger partial charge < -0.3 is 10.1 Å². The van der Waals surface area contributed by atoms with Gasteiger partial charge in [-0.05, 0) is 34.5 Å². The molecule has 1 N–H and O–H groups in total. The molecule has 1 unspecified atom stereocenters. The number of hydrogen-bond acceptors (Lipinski definition) is 4. The number of aromatic nitrogens is 1. The molecule has 0 spiro atoms. The number of ether oxygens (including phenoxy) is 1. The van der Waals surface area contributed by atoms with Crippen molar-refractivity contribution in [3.8, 4) is 0 Å². The van der Waals surface area contributed by atoms with Crippen molar-refractivity contribution in [2.45, 2.75) is 12.5 Å². The Labute approximate surface area is 116 Å². The third-order valence-corrected chi connectivity index (χ3v) is 3.39. The first kappa shape index (κ1) is 13.7. The molecule has 19 heavy (non-hydrogen) atoms. The molecule has 0 bridgehead atoms. The summed E-state index contributed by atoms with van der Waals surface area (Å²) < 4.78 is 5.14. The normalized spacial score (nSPS) is 12.1. The van der Waals surface area contributed by atoms with Gasteiger partial charge in [-0.25, -0.2) is 0 Å². The molecule has 0 saturated heterocycles. The first-order chi connectivity index (χ1) is 9.29. The highest BCUT2D eigenvalue weighted by Crippen LogP contribution is 2.11. The van der Waals surface area contributed by atoms with Crippen LogP contribution < -0.4 is 5.32 Å². The van der Waals surface area contributed by atoms with Crippen LogP contribution in [0.15, 0.2) is 41.2 Å². The van der Waals surface area contributed by atoms with E-state index in [2.05, 4.69) is 10.3 Å². The summed E-state index contributed by atoms with van der Waals surface area (Å²) in [7, 11) is 1.61. The fourth-order valence-corrected chi connectivity index (χ4v) is 2.44. The van der Waals surface area contributed by atoms with Gasteiger partial charge in [0.05, 0.1) is 24.8 Å². The van der Waals surface area contributed by atoms with E-state index in [0.717, 1.165) is 11.3 Å². The van der Waals surface area contributed by atoms with Crippen molar-refractivity contribution in [2.75, 3.05) is 13.7 Å². The van der Waals surface area contributed by atoms with E-state index in [1.807, 2.05) is 35.0 Å². The van der Waals surface area contributed by atoms with Gasteiger partial charge in [0.2, 0.25) is 5.91 Å². The molecule has 0 fully saturated rings. The minimum absolute atomic E-state index is 0.0221. The van der Waals surface area contributed by atoms with Crippen molar-refractivity contribution in [1.29, 1.82) is 0 Å². The maximum absolute atomic E-state index is 12.0. The number of rotatable bonds is 6. The fourth-order valence-electron chi connectivity index (χ4n) is 1.77. The molecule has 0 radical (unpaired) electrons. The molecular formula is C14H16N2O2S. The van der Waals surface area contributed by atoms with Gasteiger partial charge in [-0.2, -0.15) is 11.3 Å². The van der Waals surface area contributed by atoms with Crippen LogP contribution in [0, 0.1) is 0 Å². The van der Waals surface area contributed by atoms with Crippen LogP contribution in [-0.2, 0) is 16.0 Å². The summed E-state index contributed by atoms with van der Waals surface area (Å²) in [4.78, 5) is 16.2. The number of pyridine rings is 1. The second kappa shape index (κ2) is 7.01. The summed E-state index contributed by atoms with van der Waals surface area (Å²) in [6.45, 7) is 0.409. The van der Waals surface area contributed by atoms with Gasteiger partial charge >= 0.3 is 0 Å². The average molecular weight is 276 g/mol. The van der Waals surface area contributed by atoms with E-state index in [1.165, 1.54) is 0 Å². The number of hydrogen-bond donors (Lipinski definition) is 1. The third-order valence-electron chi connectivity index (χ3n) is 2.66. The topological polar surface area (TPSA) is 51.2 Å². The number of thiophene rings is 1. The van der Waals surface area contributed by atoms with Gasteiger partial charge in [0.1, 0.15) is 0 Å². The number of methoxy groups -OCH3 is 1. The number of nitrogens with zero attached hydrogens (tertiary/aromatic N) is 1. The van der Waals surface area contributed by atoms with Gasteiger partial charge in [0, 0.05) is 13.3 Å². The molecule has 2 rings (SSSR count). The van der Waals surface area contributed by atoms with Gasteiger partial charge in [-0.1, -0.05) is 6.07 Å². The summed E-state index contributed by atoms with van der Waals surface area (Å²) in [6.07, 6.45) is 2.10. The van der Waals surface area contributed by atoms with E-state index in [9.17, 15) is 4.79 Å². The number of amides is 1. The Balaban J connectivity index is 1.98. The summed E-state index contributed by atoms with van der Waals surface area (Å²) in [6, 6.07) is 7.37. The van der Waals surface area contributed by atoms with Gasteiger partial charge in [-0.3, -0.25) is 9.78 Å².